The number of para-hydroxylation sites is 1. The molecule has 0 aliphatic carbocycles. The molecular formula is C22H29N5O2S. The number of nitrogens with one attached hydrogen (secondary N) is 1. The molecule has 1 aromatic heterocycles. The number of amides is 1. The van der Waals surface area contributed by atoms with E-state index in [9.17, 15) is 4.79 Å². The Labute approximate surface area is 182 Å². The van der Waals surface area contributed by atoms with E-state index in [0.717, 1.165) is 67.9 Å². The summed E-state index contributed by atoms with van der Waals surface area (Å²) in [6.07, 6.45) is 0.768. The molecule has 160 valence electrons. The number of aromatic nitrogens is 1. The molecule has 0 spiro atoms. The first-order chi connectivity index (χ1) is 14.6. The SMILES string of the molecule is Cc1ccccc1NC(=O)Cc1nc(CN(CCC#N)CCN2CCOCC2)cs1. The number of anilines is 1. The summed E-state index contributed by atoms with van der Waals surface area (Å²) in [6.45, 7) is 8.75. The number of hydrogen-bond acceptors (Lipinski definition) is 7. The van der Waals surface area contributed by atoms with Crippen LogP contribution in [0, 0.1) is 18.3 Å². The molecular weight excluding hydrogens is 398 g/mol. The van der Waals surface area contributed by atoms with Gasteiger partial charge >= 0.3 is 0 Å². The van der Waals surface area contributed by atoms with E-state index in [-0.39, 0.29) is 12.3 Å². The maximum Gasteiger partial charge on any atom is 0.231 e. The summed E-state index contributed by atoms with van der Waals surface area (Å²) in [5.74, 6) is -0.0566. The summed E-state index contributed by atoms with van der Waals surface area (Å²) in [7, 11) is 0. The van der Waals surface area contributed by atoms with Crippen molar-refractivity contribution in [1.29, 1.82) is 5.26 Å². The van der Waals surface area contributed by atoms with Gasteiger partial charge in [0, 0.05) is 56.8 Å². The molecule has 0 saturated carbocycles. The van der Waals surface area contributed by atoms with Crippen LogP contribution in [0.15, 0.2) is 29.6 Å². The first-order valence-electron chi connectivity index (χ1n) is 10.3. The number of thiazole rings is 1. The van der Waals surface area contributed by atoms with Crippen molar-refractivity contribution >= 4 is 22.9 Å². The Morgan fingerprint density at radius 2 is 2.13 bits per heavy atom. The Bertz CT molecular complexity index is 857. The van der Waals surface area contributed by atoms with Crippen LogP contribution in [0.2, 0.25) is 0 Å². The third-order valence-corrected chi connectivity index (χ3v) is 5.99. The molecule has 7 nitrogen and oxygen atoms in total. The molecule has 0 unspecified atom stereocenters. The van der Waals surface area contributed by atoms with Gasteiger partial charge in [-0.25, -0.2) is 4.98 Å². The van der Waals surface area contributed by atoms with E-state index < -0.39 is 0 Å². The largest absolute Gasteiger partial charge is 0.379 e. The van der Waals surface area contributed by atoms with Crippen LogP contribution in [-0.4, -0.2) is 66.6 Å². The Morgan fingerprint density at radius 1 is 1.33 bits per heavy atom. The zero-order valence-electron chi connectivity index (χ0n) is 17.5. The summed E-state index contributed by atoms with van der Waals surface area (Å²) in [6, 6.07) is 9.98. The van der Waals surface area contributed by atoms with Gasteiger partial charge in [0.05, 0.1) is 31.4 Å². The number of aryl methyl sites for hydroxylation is 1. The van der Waals surface area contributed by atoms with Gasteiger partial charge in [-0.05, 0) is 18.6 Å². The van der Waals surface area contributed by atoms with Crippen molar-refractivity contribution in [3.05, 3.63) is 45.9 Å². The Balaban J connectivity index is 1.51. The molecule has 1 fully saturated rings. The summed E-state index contributed by atoms with van der Waals surface area (Å²) in [5, 5.41) is 14.8. The number of rotatable bonds is 10. The molecule has 1 aromatic carbocycles. The molecule has 1 N–H and O–H groups in total. The zero-order valence-corrected chi connectivity index (χ0v) is 18.3. The number of carbonyl (C=O) groups excluding carboxylic acids is 1. The van der Waals surface area contributed by atoms with Crippen LogP contribution in [-0.2, 0) is 22.5 Å². The van der Waals surface area contributed by atoms with Gasteiger partial charge in [0.2, 0.25) is 5.91 Å². The van der Waals surface area contributed by atoms with Crippen LogP contribution in [0.1, 0.15) is 22.7 Å². The fraction of sp³-hybridized carbons (Fsp3) is 0.500. The molecule has 2 heterocycles. The second-order valence-electron chi connectivity index (χ2n) is 7.41. The average molecular weight is 428 g/mol. The number of hydrogen-bond donors (Lipinski definition) is 1. The van der Waals surface area contributed by atoms with Gasteiger partial charge in [0.25, 0.3) is 0 Å². The van der Waals surface area contributed by atoms with E-state index in [1.807, 2.05) is 36.6 Å². The van der Waals surface area contributed by atoms with Crippen LogP contribution in [0.3, 0.4) is 0 Å². The predicted octanol–water partition coefficient (Wildman–Crippen LogP) is 2.68. The number of morpholine rings is 1. The van der Waals surface area contributed by atoms with Crippen molar-refractivity contribution in [2.24, 2.45) is 0 Å². The first kappa shape index (κ1) is 22.4. The number of carbonyl (C=O) groups is 1. The quantitative estimate of drug-likeness (QED) is 0.628. The highest BCUT2D eigenvalue weighted by molar-refractivity contribution is 7.09. The Morgan fingerprint density at radius 3 is 2.90 bits per heavy atom. The summed E-state index contributed by atoms with van der Waals surface area (Å²) < 4.78 is 5.41. The minimum Gasteiger partial charge on any atom is -0.379 e. The minimum atomic E-state index is -0.0566. The van der Waals surface area contributed by atoms with Crippen molar-refractivity contribution < 1.29 is 9.53 Å². The molecule has 1 aliphatic heterocycles. The van der Waals surface area contributed by atoms with Gasteiger partial charge in [0.1, 0.15) is 5.01 Å². The monoisotopic (exact) mass is 427 g/mol. The average Bonchev–Trinajstić information content (AvgIpc) is 3.19. The first-order valence-corrected chi connectivity index (χ1v) is 11.2. The zero-order chi connectivity index (χ0) is 21.2. The lowest BCUT2D eigenvalue weighted by molar-refractivity contribution is -0.115. The van der Waals surface area contributed by atoms with Gasteiger partial charge < -0.3 is 10.1 Å². The molecule has 30 heavy (non-hydrogen) atoms. The maximum absolute atomic E-state index is 12.4. The van der Waals surface area contributed by atoms with Gasteiger partial charge in [-0.1, -0.05) is 18.2 Å². The molecule has 8 heteroatoms. The summed E-state index contributed by atoms with van der Waals surface area (Å²) in [5.41, 5.74) is 2.84. The predicted molar refractivity (Wildman–Crippen MR) is 118 cm³/mol. The third-order valence-electron chi connectivity index (χ3n) is 5.09. The van der Waals surface area contributed by atoms with Gasteiger partial charge in [-0.15, -0.1) is 11.3 Å². The third kappa shape index (κ3) is 7.18. The fourth-order valence-corrected chi connectivity index (χ4v) is 4.15. The van der Waals surface area contributed by atoms with Crippen LogP contribution in [0.5, 0.6) is 0 Å². The molecule has 3 rings (SSSR count). The lowest BCUT2D eigenvalue weighted by Crippen LogP contribution is -2.41. The minimum absolute atomic E-state index is 0.0566. The second-order valence-corrected chi connectivity index (χ2v) is 8.35. The van der Waals surface area contributed by atoms with E-state index in [0.29, 0.717) is 13.0 Å². The number of nitrogens with zero attached hydrogens (tertiary/aromatic N) is 4. The van der Waals surface area contributed by atoms with Crippen LogP contribution in [0.4, 0.5) is 5.69 Å². The second kappa shape index (κ2) is 11.8. The molecule has 0 atom stereocenters. The van der Waals surface area contributed by atoms with E-state index >= 15 is 0 Å². The van der Waals surface area contributed by atoms with Crippen LogP contribution >= 0.6 is 11.3 Å². The van der Waals surface area contributed by atoms with Crippen molar-refractivity contribution in [3.63, 3.8) is 0 Å². The lowest BCUT2D eigenvalue weighted by atomic mass is 10.2. The highest BCUT2D eigenvalue weighted by Gasteiger charge is 2.15. The highest BCUT2D eigenvalue weighted by atomic mass is 32.1. The molecule has 1 saturated heterocycles. The van der Waals surface area contributed by atoms with Crippen molar-refractivity contribution in [3.8, 4) is 6.07 Å². The lowest BCUT2D eigenvalue weighted by Gasteiger charge is -2.29. The number of nitriles is 1. The number of ether oxygens (including phenoxy) is 1. The fourth-order valence-electron chi connectivity index (χ4n) is 3.36. The van der Waals surface area contributed by atoms with Crippen molar-refractivity contribution in [2.45, 2.75) is 26.3 Å². The maximum atomic E-state index is 12.4. The number of benzene rings is 1. The smallest absolute Gasteiger partial charge is 0.231 e. The molecule has 0 radical (unpaired) electrons. The van der Waals surface area contributed by atoms with Crippen molar-refractivity contribution in [1.82, 2.24) is 14.8 Å². The topological polar surface area (TPSA) is 81.5 Å². The van der Waals surface area contributed by atoms with E-state index in [2.05, 4.69) is 26.2 Å². The molecule has 2 aromatic rings. The molecule has 1 aliphatic rings. The van der Waals surface area contributed by atoms with Gasteiger partial charge in [-0.2, -0.15) is 5.26 Å². The highest BCUT2D eigenvalue weighted by Crippen LogP contribution is 2.16. The van der Waals surface area contributed by atoms with Crippen LogP contribution in [0.25, 0.3) is 0 Å². The molecule has 1 amide bonds. The summed E-state index contributed by atoms with van der Waals surface area (Å²) >= 11 is 1.51. The summed E-state index contributed by atoms with van der Waals surface area (Å²) in [4.78, 5) is 21.7. The van der Waals surface area contributed by atoms with E-state index in [1.54, 1.807) is 0 Å². The Hall–Kier alpha value is -2.31. The van der Waals surface area contributed by atoms with Gasteiger partial charge in [0.15, 0.2) is 0 Å². The van der Waals surface area contributed by atoms with Crippen molar-refractivity contribution in [2.75, 3.05) is 51.3 Å². The Kier molecular flexibility index (Phi) is 8.78. The van der Waals surface area contributed by atoms with E-state index in [4.69, 9.17) is 10.00 Å². The van der Waals surface area contributed by atoms with E-state index in [1.165, 1.54) is 11.3 Å². The van der Waals surface area contributed by atoms with Crippen LogP contribution < -0.4 is 5.32 Å². The normalized spacial score (nSPS) is 14.6. The van der Waals surface area contributed by atoms with Gasteiger partial charge in [-0.3, -0.25) is 14.6 Å². The molecule has 0 bridgehead atoms. The standard InChI is InChI=1S/C22H29N5O2S/c1-18-5-2-3-6-20(18)25-21(28)15-22-24-19(17-30-22)16-27(8-4-7-23)10-9-26-11-13-29-14-12-26/h2-3,5-6,17H,4,8-16H2,1H3,(H,25,28).